The fraction of sp³-hybridized carbons (Fsp3) is 0.500. The maximum atomic E-state index is 15.1. The molecule has 3 fully saturated rings. The first kappa shape index (κ1) is 38.4. The Labute approximate surface area is 309 Å². The van der Waals surface area contributed by atoms with Gasteiger partial charge in [-0.2, -0.15) is 0 Å². The number of aliphatic hydroxyl groups excluding tert-OH is 1. The summed E-state index contributed by atoms with van der Waals surface area (Å²) in [5.74, 6) is -3.85. The first-order chi connectivity index (χ1) is 24.4. The predicted molar refractivity (Wildman–Crippen MR) is 199 cm³/mol. The number of aliphatic hydroxyl groups is 1. The van der Waals surface area contributed by atoms with Crippen molar-refractivity contribution in [2.45, 2.75) is 88.1 Å². The van der Waals surface area contributed by atoms with E-state index in [1.165, 1.54) is 4.90 Å². The molecule has 3 saturated heterocycles. The lowest BCUT2D eigenvalue weighted by Gasteiger charge is -2.41. The van der Waals surface area contributed by atoms with Crippen molar-refractivity contribution in [3.63, 3.8) is 0 Å². The fourth-order valence-corrected chi connectivity index (χ4v) is 8.97. The van der Waals surface area contributed by atoms with E-state index in [0.717, 1.165) is 11.1 Å². The summed E-state index contributed by atoms with van der Waals surface area (Å²) >= 11 is 3.75. The van der Waals surface area contributed by atoms with E-state index in [0.29, 0.717) is 30.5 Å². The highest BCUT2D eigenvalue weighted by Crippen LogP contribution is 2.61. The monoisotopic (exact) mass is 763 g/mol. The number of anilines is 1. The molecule has 3 heterocycles. The summed E-state index contributed by atoms with van der Waals surface area (Å²) in [7, 11) is 0. The molecule has 1 spiro atoms. The molecular weight excluding hydrogens is 714 g/mol. The number of nitrogens with one attached hydrogen (secondary N) is 1. The normalized spacial score (nSPS) is 26.6. The molecular formula is C40H50BrN3O7. The standard InChI is InChI=1S/C40H50BrN3O7/c1-7-10-16-32(46)42-22-31(27-14-12-11-13-15-27)50-39(49)33-34-37(47)44(30(23-45)25(5)9-3)36(40(34)21-28(41)35(33)51-40)38(48)43(19-8-2)29-20-24(4)17-18-26(29)6/h7-8,11-15,17-18,20,25,28,30-31,33-36,45H,1-2,9-10,16,19,21-23H2,3-6H3,(H,42,46)/t25-,28?,30-,31+,33-,34+,35-,36-,40+/m0/s1. The number of likely N-dealkylation sites (tertiary alicyclic amines) is 1. The number of hydrogen-bond acceptors (Lipinski definition) is 7. The molecule has 3 amide bonds. The van der Waals surface area contributed by atoms with Gasteiger partial charge < -0.3 is 29.7 Å². The van der Waals surface area contributed by atoms with Crippen LogP contribution < -0.4 is 10.2 Å². The summed E-state index contributed by atoms with van der Waals surface area (Å²) in [6.07, 6.45) is 3.45. The molecule has 3 aliphatic heterocycles. The van der Waals surface area contributed by atoms with Crippen LogP contribution in [-0.4, -0.2) is 82.0 Å². The second kappa shape index (κ2) is 16.3. The summed E-state index contributed by atoms with van der Waals surface area (Å²) in [5, 5.41) is 13.7. The first-order valence-electron chi connectivity index (χ1n) is 17.8. The van der Waals surface area contributed by atoms with E-state index in [-0.39, 0.29) is 48.7 Å². The van der Waals surface area contributed by atoms with Crippen molar-refractivity contribution in [1.29, 1.82) is 0 Å². The van der Waals surface area contributed by atoms with E-state index < -0.39 is 53.6 Å². The van der Waals surface area contributed by atoms with Gasteiger partial charge in [-0.1, -0.05) is 90.8 Å². The van der Waals surface area contributed by atoms with Gasteiger partial charge in [0.05, 0.1) is 37.1 Å². The largest absolute Gasteiger partial charge is 0.455 e. The lowest BCUT2D eigenvalue weighted by atomic mass is 9.70. The van der Waals surface area contributed by atoms with Crippen LogP contribution in [0.2, 0.25) is 0 Å². The first-order valence-corrected chi connectivity index (χ1v) is 18.7. The number of ether oxygens (including phenoxy) is 2. The molecule has 0 aromatic heterocycles. The highest BCUT2D eigenvalue weighted by atomic mass is 79.9. The van der Waals surface area contributed by atoms with Crippen LogP contribution in [0.25, 0.3) is 0 Å². The van der Waals surface area contributed by atoms with E-state index >= 15 is 4.79 Å². The molecule has 5 rings (SSSR count). The third-order valence-corrected chi connectivity index (χ3v) is 11.6. The topological polar surface area (TPSA) is 125 Å². The number of aryl methyl sites for hydroxylation is 2. The molecule has 10 nitrogen and oxygen atoms in total. The summed E-state index contributed by atoms with van der Waals surface area (Å²) in [4.78, 5) is 59.8. The Balaban J connectivity index is 1.55. The minimum atomic E-state index is -1.37. The molecule has 0 saturated carbocycles. The number of nitrogens with zero attached hydrogens (tertiary/aromatic N) is 2. The smallest absolute Gasteiger partial charge is 0.313 e. The summed E-state index contributed by atoms with van der Waals surface area (Å²) in [6.45, 7) is 15.2. The SMILES string of the molecule is C=CCCC(=O)NC[C@@H](OC(=O)[C@@H]1[C@H]2O[C@@]3(CC2Br)[C@H](C(=O)N(CC=C)c2cc(C)ccc2C)N([C@@H](CO)[C@@H](C)CC)C(=O)[C@@H]13)c1ccccc1. The Hall–Kier alpha value is -3.80. The molecule has 2 bridgehead atoms. The van der Waals surface area contributed by atoms with Gasteiger partial charge in [0.2, 0.25) is 11.8 Å². The fourth-order valence-electron chi connectivity index (χ4n) is 8.02. The maximum absolute atomic E-state index is 15.1. The molecule has 2 N–H and O–H groups in total. The number of fused-ring (bicyclic) bond motifs is 1. The number of alkyl halides is 1. The van der Waals surface area contributed by atoms with Crippen LogP contribution in [0, 0.1) is 31.6 Å². The van der Waals surface area contributed by atoms with Crippen LogP contribution in [0.1, 0.15) is 62.3 Å². The lowest BCUT2D eigenvalue weighted by Crippen LogP contribution is -2.60. The number of esters is 1. The zero-order chi connectivity index (χ0) is 37.0. The molecule has 274 valence electrons. The van der Waals surface area contributed by atoms with Crippen LogP contribution in [0.3, 0.4) is 0 Å². The Kier molecular flexibility index (Phi) is 12.2. The van der Waals surface area contributed by atoms with Gasteiger partial charge in [-0.15, -0.1) is 13.2 Å². The Morgan fingerprint density at radius 1 is 1.18 bits per heavy atom. The predicted octanol–water partition coefficient (Wildman–Crippen LogP) is 5.34. The van der Waals surface area contributed by atoms with Crippen LogP contribution in [0.15, 0.2) is 73.8 Å². The third kappa shape index (κ3) is 7.30. The second-order valence-corrected chi connectivity index (χ2v) is 15.2. The molecule has 9 atom stereocenters. The summed E-state index contributed by atoms with van der Waals surface area (Å²) in [5.41, 5.74) is 1.85. The van der Waals surface area contributed by atoms with Gasteiger partial charge in [0.15, 0.2) is 0 Å². The number of carbonyl (C=O) groups is 4. The number of hydrogen-bond donors (Lipinski definition) is 2. The molecule has 0 aliphatic carbocycles. The molecule has 11 heteroatoms. The van der Waals surface area contributed by atoms with Crippen molar-refractivity contribution < 1.29 is 33.8 Å². The molecule has 0 radical (unpaired) electrons. The van der Waals surface area contributed by atoms with Gasteiger partial charge in [-0.25, -0.2) is 0 Å². The average molecular weight is 765 g/mol. The van der Waals surface area contributed by atoms with E-state index in [2.05, 4.69) is 34.4 Å². The number of carbonyl (C=O) groups excluding carboxylic acids is 4. The molecule has 3 aliphatic rings. The van der Waals surface area contributed by atoms with Crippen molar-refractivity contribution in [1.82, 2.24) is 10.2 Å². The van der Waals surface area contributed by atoms with Gasteiger partial charge in [-0.05, 0) is 55.4 Å². The number of benzene rings is 2. The number of halogens is 1. The van der Waals surface area contributed by atoms with Crippen LogP contribution >= 0.6 is 15.9 Å². The van der Waals surface area contributed by atoms with E-state index in [4.69, 9.17) is 9.47 Å². The minimum Gasteiger partial charge on any atom is -0.455 e. The van der Waals surface area contributed by atoms with Crippen LogP contribution in [-0.2, 0) is 28.7 Å². The van der Waals surface area contributed by atoms with Crippen molar-refractivity contribution >= 4 is 45.3 Å². The van der Waals surface area contributed by atoms with Gasteiger partial charge in [-0.3, -0.25) is 19.2 Å². The van der Waals surface area contributed by atoms with Crippen molar-refractivity contribution in [2.75, 3.05) is 24.6 Å². The van der Waals surface area contributed by atoms with Crippen LogP contribution in [0.4, 0.5) is 5.69 Å². The Morgan fingerprint density at radius 3 is 2.55 bits per heavy atom. The second-order valence-electron chi connectivity index (χ2n) is 14.0. The Bertz CT molecular complexity index is 1630. The van der Waals surface area contributed by atoms with E-state index in [1.807, 2.05) is 76.2 Å². The molecule has 1 unspecified atom stereocenters. The quantitative estimate of drug-likeness (QED) is 0.134. The average Bonchev–Trinajstić information content (AvgIpc) is 3.72. The number of allylic oxidation sites excluding steroid dienone is 1. The molecule has 51 heavy (non-hydrogen) atoms. The van der Waals surface area contributed by atoms with Crippen molar-refractivity contribution in [2.24, 2.45) is 17.8 Å². The van der Waals surface area contributed by atoms with Gasteiger partial charge >= 0.3 is 5.97 Å². The summed E-state index contributed by atoms with van der Waals surface area (Å²) < 4.78 is 13.0. The van der Waals surface area contributed by atoms with E-state index in [9.17, 15) is 19.5 Å². The Morgan fingerprint density at radius 2 is 1.90 bits per heavy atom. The number of rotatable bonds is 16. The molecule has 2 aromatic carbocycles. The minimum absolute atomic E-state index is 0.0334. The zero-order valence-corrected chi connectivity index (χ0v) is 31.5. The number of amides is 3. The van der Waals surface area contributed by atoms with Gasteiger partial charge in [0.1, 0.15) is 17.7 Å². The molecule has 2 aromatic rings. The van der Waals surface area contributed by atoms with E-state index in [1.54, 1.807) is 17.1 Å². The van der Waals surface area contributed by atoms with Gasteiger partial charge in [0, 0.05) is 23.5 Å². The lowest BCUT2D eigenvalue weighted by molar-refractivity contribution is -0.161. The highest BCUT2D eigenvalue weighted by Gasteiger charge is 2.78. The zero-order valence-electron chi connectivity index (χ0n) is 29.9. The maximum Gasteiger partial charge on any atom is 0.313 e. The third-order valence-electron chi connectivity index (χ3n) is 10.8. The summed E-state index contributed by atoms with van der Waals surface area (Å²) in [6, 6.07) is 13.2. The van der Waals surface area contributed by atoms with Gasteiger partial charge in [0.25, 0.3) is 5.91 Å². The van der Waals surface area contributed by atoms with Crippen molar-refractivity contribution in [3.8, 4) is 0 Å². The highest BCUT2D eigenvalue weighted by molar-refractivity contribution is 9.09. The van der Waals surface area contributed by atoms with Crippen molar-refractivity contribution in [3.05, 3.63) is 90.5 Å². The van der Waals surface area contributed by atoms with Crippen LogP contribution in [0.5, 0.6) is 0 Å².